The summed E-state index contributed by atoms with van der Waals surface area (Å²) in [5, 5.41) is 2.63. The summed E-state index contributed by atoms with van der Waals surface area (Å²) in [7, 11) is 3.99. The maximum Gasteiger partial charge on any atom is 0.414 e. The van der Waals surface area contributed by atoms with Crippen molar-refractivity contribution in [3.05, 3.63) is 35.8 Å². The number of hydrogen-bond donors (Lipinski definition) is 2. The second kappa shape index (κ2) is 9.33. The van der Waals surface area contributed by atoms with E-state index in [4.69, 9.17) is 9.57 Å². The number of cyclic esters (lactones) is 1. The van der Waals surface area contributed by atoms with Crippen LogP contribution >= 0.6 is 0 Å². The molecule has 0 unspecified atom stereocenters. The highest BCUT2D eigenvalue weighted by molar-refractivity contribution is 5.90. The Balaban J connectivity index is 1.29. The third kappa shape index (κ3) is 4.97. The summed E-state index contributed by atoms with van der Waals surface area (Å²) in [4.78, 5) is 34.1. The smallest absolute Gasteiger partial charge is 0.414 e. The SMILES string of the molecule is CC(=O)NC[C@H]1CN(c2ccc(N3C[C@@H]4C(=CNOCCN(C)C)[C@@H]4C3)c(F)c2)C(=O)O1. The Labute approximate surface area is 187 Å². The topological polar surface area (TPSA) is 86.4 Å². The molecular formula is C22H30FN5O4. The van der Waals surface area contributed by atoms with Crippen molar-refractivity contribution >= 4 is 23.4 Å². The lowest BCUT2D eigenvalue weighted by Crippen LogP contribution is -2.33. The molecule has 10 heteroatoms. The molecule has 0 radical (unpaired) electrons. The molecule has 0 aromatic heterocycles. The van der Waals surface area contributed by atoms with E-state index in [0.29, 0.717) is 29.8 Å². The molecule has 1 saturated carbocycles. The van der Waals surface area contributed by atoms with E-state index in [9.17, 15) is 14.0 Å². The van der Waals surface area contributed by atoms with Crippen molar-refractivity contribution in [1.82, 2.24) is 15.7 Å². The lowest BCUT2D eigenvalue weighted by atomic mass is 10.2. The maximum absolute atomic E-state index is 14.9. The molecular weight excluding hydrogens is 417 g/mol. The summed E-state index contributed by atoms with van der Waals surface area (Å²) in [6.45, 7) is 4.88. The molecule has 2 amide bonds. The Hall–Kier alpha value is -2.85. The number of nitrogens with zero attached hydrogens (tertiary/aromatic N) is 3. The van der Waals surface area contributed by atoms with Crippen LogP contribution < -0.4 is 20.6 Å². The number of ether oxygens (including phenoxy) is 1. The van der Waals surface area contributed by atoms with E-state index in [-0.39, 0.29) is 24.8 Å². The van der Waals surface area contributed by atoms with Gasteiger partial charge in [-0.15, -0.1) is 0 Å². The number of piperidine rings is 1. The van der Waals surface area contributed by atoms with E-state index >= 15 is 0 Å². The van der Waals surface area contributed by atoms with Gasteiger partial charge in [0.2, 0.25) is 5.91 Å². The van der Waals surface area contributed by atoms with Crippen LogP contribution in [0.3, 0.4) is 0 Å². The van der Waals surface area contributed by atoms with Crippen LogP contribution in [0.4, 0.5) is 20.6 Å². The number of hydroxylamine groups is 1. The average Bonchev–Trinajstić information content (AvgIpc) is 3.05. The predicted molar refractivity (Wildman–Crippen MR) is 118 cm³/mol. The van der Waals surface area contributed by atoms with Crippen LogP contribution in [0, 0.1) is 17.7 Å². The fourth-order valence-electron chi connectivity index (χ4n) is 4.24. The minimum Gasteiger partial charge on any atom is -0.442 e. The number of hydrogen-bond acceptors (Lipinski definition) is 7. The van der Waals surface area contributed by atoms with Gasteiger partial charge in [-0.25, -0.2) is 9.18 Å². The molecule has 2 N–H and O–H groups in total. The van der Waals surface area contributed by atoms with Gasteiger partial charge in [0.05, 0.1) is 31.1 Å². The van der Waals surface area contributed by atoms with Gasteiger partial charge in [-0.1, -0.05) is 0 Å². The van der Waals surface area contributed by atoms with E-state index in [1.165, 1.54) is 23.5 Å². The Morgan fingerprint density at radius 1 is 1.31 bits per heavy atom. The number of carbonyl (C=O) groups is 2. The van der Waals surface area contributed by atoms with E-state index < -0.39 is 12.2 Å². The van der Waals surface area contributed by atoms with Crippen molar-refractivity contribution in [2.24, 2.45) is 11.8 Å². The predicted octanol–water partition coefficient (Wildman–Crippen LogP) is 1.32. The molecule has 0 bridgehead atoms. The fourth-order valence-corrected chi connectivity index (χ4v) is 4.24. The molecule has 2 heterocycles. The molecule has 32 heavy (non-hydrogen) atoms. The number of anilines is 2. The van der Waals surface area contributed by atoms with Crippen molar-refractivity contribution in [3.63, 3.8) is 0 Å². The Morgan fingerprint density at radius 2 is 2.06 bits per heavy atom. The van der Waals surface area contributed by atoms with E-state index in [1.807, 2.05) is 25.2 Å². The zero-order valence-electron chi connectivity index (χ0n) is 18.6. The number of carbonyl (C=O) groups excluding carboxylic acids is 2. The van der Waals surface area contributed by atoms with E-state index in [0.717, 1.165) is 19.6 Å². The molecule has 3 fully saturated rings. The normalized spacial score (nSPS) is 25.3. The molecule has 9 nitrogen and oxygen atoms in total. The molecule has 4 rings (SSSR count). The van der Waals surface area contributed by atoms with Crippen LogP contribution in [0.25, 0.3) is 0 Å². The van der Waals surface area contributed by atoms with Crippen LogP contribution in [0.1, 0.15) is 6.92 Å². The number of likely N-dealkylation sites (N-methyl/N-ethyl adjacent to an activating group) is 1. The fraction of sp³-hybridized carbons (Fsp3) is 0.545. The highest BCUT2D eigenvalue weighted by Crippen LogP contribution is 2.52. The molecule has 1 aromatic rings. The van der Waals surface area contributed by atoms with Gasteiger partial charge in [0.15, 0.2) is 0 Å². The first-order valence-corrected chi connectivity index (χ1v) is 10.8. The highest BCUT2D eigenvalue weighted by Gasteiger charge is 2.51. The third-order valence-electron chi connectivity index (χ3n) is 6.05. The lowest BCUT2D eigenvalue weighted by Gasteiger charge is -2.22. The zero-order chi connectivity index (χ0) is 22.8. The monoisotopic (exact) mass is 447 g/mol. The zero-order valence-corrected chi connectivity index (χ0v) is 18.6. The Bertz CT molecular complexity index is 894. The Morgan fingerprint density at radius 3 is 2.72 bits per heavy atom. The van der Waals surface area contributed by atoms with Gasteiger partial charge in [0, 0.05) is 44.6 Å². The molecule has 1 aromatic carbocycles. The van der Waals surface area contributed by atoms with Crippen molar-refractivity contribution < 1.29 is 23.6 Å². The lowest BCUT2D eigenvalue weighted by molar-refractivity contribution is -0.119. The van der Waals surface area contributed by atoms with Crippen molar-refractivity contribution in [2.45, 2.75) is 13.0 Å². The van der Waals surface area contributed by atoms with Crippen LogP contribution in [-0.2, 0) is 14.4 Å². The first kappa shape index (κ1) is 22.3. The van der Waals surface area contributed by atoms with Gasteiger partial charge in [-0.2, -0.15) is 0 Å². The second-order valence-corrected chi connectivity index (χ2v) is 8.72. The minimum absolute atomic E-state index is 0.191. The summed E-state index contributed by atoms with van der Waals surface area (Å²) < 4.78 is 20.2. The van der Waals surface area contributed by atoms with Crippen molar-refractivity contribution in [2.75, 3.05) is 63.2 Å². The number of amides is 2. The molecule has 174 valence electrons. The highest BCUT2D eigenvalue weighted by atomic mass is 19.1. The number of nitrogens with one attached hydrogen (secondary N) is 2. The van der Waals surface area contributed by atoms with Gasteiger partial charge in [0.1, 0.15) is 11.9 Å². The first-order valence-electron chi connectivity index (χ1n) is 10.8. The van der Waals surface area contributed by atoms with Crippen LogP contribution in [0.2, 0.25) is 0 Å². The number of benzene rings is 1. The second-order valence-electron chi connectivity index (χ2n) is 8.72. The van der Waals surface area contributed by atoms with Gasteiger partial charge in [0.25, 0.3) is 0 Å². The third-order valence-corrected chi connectivity index (χ3v) is 6.05. The molecule has 1 aliphatic carbocycles. The average molecular weight is 448 g/mol. The molecule has 2 saturated heterocycles. The van der Waals surface area contributed by atoms with Gasteiger partial charge >= 0.3 is 6.09 Å². The molecule has 3 aliphatic rings. The van der Waals surface area contributed by atoms with E-state index in [1.54, 1.807) is 12.1 Å². The maximum atomic E-state index is 14.9. The minimum atomic E-state index is -0.537. The van der Waals surface area contributed by atoms with Crippen LogP contribution in [-0.4, -0.2) is 76.4 Å². The van der Waals surface area contributed by atoms with Crippen LogP contribution in [0.15, 0.2) is 30.0 Å². The summed E-state index contributed by atoms with van der Waals surface area (Å²) >= 11 is 0. The molecule has 3 atom stereocenters. The first-order chi connectivity index (χ1) is 15.3. The summed E-state index contributed by atoms with van der Waals surface area (Å²) in [5.41, 5.74) is 5.21. The number of halogens is 1. The largest absolute Gasteiger partial charge is 0.442 e. The summed E-state index contributed by atoms with van der Waals surface area (Å²) in [6.07, 6.45) is 0.938. The standard InChI is InChI=1S/C22H30FN5O4/c1-14(29)24-9-16-11-28(22(30)32-16)15-4-5-21(20(23)8-15)27-12-18-17(19(18)13-27)10-25-31-7-6-26(2)3/h4-5,8,10,16,18-19,25H,6-7,9,11-13H2,1-3H3,(H,24,29)/t16-,18-,19+/m0/s1. The quantitative estimate of drug-likeness (QED) is 0.436. The number of fused-ring (bicyclic) bond motifs is 1. The summed E-state index contributed by atoms with van der Waals surface area (Å²) in [6, 6.07) is 4.83. The van der Waals surface area contributed by atoms with Gasteiger partial charge in [-0.3, -0.25) is 20.0 Å². The van der Waals surface area contributed by atoms with Crippen molar-refractivity contribution in [1.29, 1.82) is 0 Å². The van der Waals surface area contributed by atoms with Crippen LogP contribution in [0.5, 0.6) is 0 Å². The van der Waals surface area contributed by atoms with Gasteiger partial charge in [-0.05, 0) is 37.9 Å². The molecule has 2 aliphatic heterocycles. The Kier molecular flexibility index (Phi) is 6.52. The number of rotatable bonds is 9. The summed E-state index contributed by atoms with van der Waals surface area (Å²) in [5.74, 6) is 0.283. The van der Waals surface area contributed by atoms with E-state index in [2.05, 4.69) is 15.7 Å². The molecule has 0 spiro atoms. The van der Waals surface area contributed by atoms with Crippen molar-refractivity contribution in [3.8, 4) is 0 Å². The van der Waals surface area contributed by atoms with Gasteiger partial charge < -0.3 is 19.9 Å².